The minimum Gasteiger partial charge on any atom is -0.333 e. The summed E-state index contributed by atoms with van der Waals surface area (Å²) in [5.41, 5.74) is 20.9. The van der Waals surface area contributed by atoms with Gasteiger partial charge in [-0.2, -0.15) is 0 Å². The zero-order valence-electron chi connectivity index (χ0n) is 28.3. The molecule has 1 atom stereocenters. The predicted octanol–water partition coefficient (Wildman–Crippen LogP) is 12.7. The Morgan fingerprint density at radius 1 is 0.510 bits per heavy atom. The second-order valence-electron chi connectivity index (χ2n) is 15.4. The van der Waals surface area contributed by atoms with Gasteiger partial charge in [0.05, 0.1) is 28.1 Å². The molecule has 6 aromatic carbocycles. The van der Waals surface area contributed by atoms with Crippen LogP contribution in [0.25, 0.3) is 88.4 Å². The molecule has 0 fully saturated rings. The van der Waals surface area contributed by atoms with E-state index < -0.39 is 0 Å². The van der Waals surface area contributed by atoms with E-state index >= 15 is 0 Å². The fourth-order valence-electron chi connectivity index (χ4n) is 10.8. The SMILES string of the molecule is C1=CC2=C(CC1)C(n1c3cccc4c3c3c5c(ccc6c5c5c-4cccc5n6-c4ccc5c(c4)-c4cc6c(cc4C5)C=CCC6)ccc31)CC=C2. The van der Waals surface area contributed by atoms with Crippen LogP contribution in [-0.4, -0.2) is 9.13 Å². The predicted molar refractivity (Wildman–Crippen MR) is 214 cm³/mol. The number of nitrogens with zero attached hydrogens (tertiary/aromatic N) is 2. The molecule has 0 saturated heterocycles. The number of fused-ring (bicyclic) bond motifs is 5. The number of aryl methyl sites for hydroxylation is 1. The van der Waals surface area contributed by atoms with E-state index in [9.17, 15) is 0 Å². The first-order chi connectivity index (χ1) is 25.3. The van der Waals surface area contributed by atoms with Crippen LogP contribution >= 0.6 is 0 Å². The highest BCUT2D eigenvalue weighted by atomic mass is 15.0. The molecular formula is C49H34N2. The Morgan fingerprint density at radius 3 is 2.16 bits per heavy atom. The molecule has 2 aromatic heterocycles. The third-order valence-electron chi connectivity index (χ3n) is 12.9. The second kappa shape index (κ2) is 9.47. The Balaban J connectivity index is 1.12. The molecule has 240 valence electrons. The van der Waals surface area contributed by atoms with Crippen molar-refractivity contribution in [2.75, 3.05) is 0 Å². The van der Waals surface area contributed by atoms with Gasteiger partial charge in [0.2, 0.25) is 0 Å². The summed E-state index contributed by atoms with van der Waals surface area (Å²) in [6.07, 6.45) is 20.7. The highest BCUT2D eigenvalue weighted by Gasteiger charge is 2.31. The van der Waals surface area contributed by atoms with E-state index in [0.717, 1.165) is 38.5 Å². The van der Waals surface area contributed by atoms with Gasteiger partial charge >= 0.3 is 0 Å². The Kier molecular flexibility index (Phi) is 5.00. The van der Waals surface area contributed by atoms with Crippen LogP contribution in [0.1, 0.15) is 54.0 Å². The number of allylic oxidation sites excluding steroid dienone is 7. The van der Waals surface area contributed by atoms with Crippen molar-refractivity contribution in [3.8, 4) is 27.9 Å². The van der Waals surface area contributed by atoms with Gasteiger partial charge in [0.1, 0.15) is 0 Å². The number of benzene rings is 6. The average molecular weight is 651 g/mol. The maximum Gasteiger partial charge on any atom is 0.0595 e. The molecule has 5 aliphatic rings. The lowest BCUT2D eigenvalue weighted by molar-refractivity contribution is 0.579. The first kappa shape index (κ1) is 26.9. The van der Waals surface area contributed by atoms with Crippen molar-refractivity contribution in [3.05, 3.63) is 155 Å². The standard InChI is InChI=1S/C49H34N2/c1-2-10-31-26-38-33(24-30(31)9-1)25-32-18-21-34(27-39(32)38)50-41-16-6-13-36-37-14-7-17-42-47(37)49-44(23-20-29-19-22-43(50)48(45(29)49)46(36)41)51(42)40-15-5-11-28-8-3-4-12-35(28)40/h1,3,5-9,11,13-14,16-24,26-27,40H,2,4,10,12,15,25H2. The maximum atomic E-state index is 2.71. The zero-order valence-corrected chi connectivity index (χ0v) is 28.3. The van der Waals surface area contributed by atoms with Crippen LogP contribution in [0.5, 0.6) is 0 Å². The van der Waals surface area contributed by atoms with Gasteiger partial charge in [-0.05, 0) is 136 Å². The lowest BCUT2D eigenvalue weighted by Gasteiger charge is -2.29. The van der Waals surface area contributed by atoms with E-state index in [1.807, 2.05) is 0 Å². The summed E-state index contributed by atoms with van der Waals surface area (Å²) in [5, 5.41) is 8.34. The summed E-state index contributed by atoms with van der Waals surface area (Å²) in [7, 11) is 0. The fraction of sp³-hybridized carbons (Fsp3) is 0.143. The van der Waals surface area contributed by atoms with Crippen LogP contribution < -0.4 is 0 Å². The molecule has 8 aromatic rings. The highest BCUT2D eigenvalue weighted by molar-refractivity contribution is 6.38. The summed E-state index contributed by atoms with van der Waals surface area (Å²) in [4.78, 5) is 0. The van der Waals surface area contributed by atoms with Gasteiger partial charge in [-0.15, -0.1) is 0 Å². The van der Waals surface area contributed by atoms with Crippen LogP contribution in [0, 0.1) is 0 Å². The molecule has 0 N–H and O–H groups in total. The highest BCUT2D eigenvalue weighted by Crippen LogP contribution is 2.53. The van der Waals surface area contributed by atoms with Crippen LogP contribution in [0.2, 0.25) is 0 Å². The third kappa shape index (κ3) is 3.34. The molecule has 0 aliphatic heterocycles. The molecule has 2 nitrogen and oxygen atoms in total. The van der Waals surface area contributed by atoms with E-state index in [-0.39, 0.29) is 0 Å². The molecule has 0 bridgehead atoms. The first-order valence-corrected chi connectivity index (χ1v) is 18.8. The lowest BCUT2D eigenvalue weighted by Crippen LogP contribution is -2.16. The van der Waals surface area contributed by atoms with Gasteiger partial charge in [-0.25, -0.2) is 0 Å². The average Bonchev–Trinajstić information content (AvgIpc) is 3.80. The Bertz CT molecular complexity index is 3070. The monoisotopic (exact) mass is 650 g/mol. The van der Waals surface area contributed by atoms with Gasteiger partial charge in [0.25, 0.3) is 0 Å². The van der Waals surface area contributed by atoms with E-state index in [1.165, 1.54) is 110 Å². The van der Waals surface area contributed by atoms with Crippen molar-refractivity contribution in [3.63, 3.8) is 0 Å². The Morgan fingerprint density at radius 2 is 1.24 bits per heavy atom. The largest absolute Gasteiger partial charge is 0.333 e. The van der Waals surface area contributed by atoms with E-state index in [4.69, 9.17) is 0 Å². The molecule has 2 heteroatoms. The zero-order chi connectivity index (χ0) is 32.9. The van der Waals surface area contributed by atoms with Gasteiger partial charge < -0.3 is 9.13 Å². The maximum absolute atomic E-state index is 2.71. The number of hydrogen-bond donors (Lipinski definition) is 0. The molecule has 0 saturated carbocycles. The van der Waals surface area contributed by atoms with Gasteiger partial charge in [0.15, 0.2) is 0 Å². The van der Waals surface area contributed by atoms with Crippen LogP contribution in [0.4, 0.5) is 0 Å². The fourth-order valence-corrected chi connectivity index (χ4v) is 10.8. The normalized spacial score (nSPS) is 18.0. The third-order valence-corrected chi connectivity index (χ3v) is 12.9. The van der Waals surface area contributed by atoms with Crippen LogP contribution in [0.15, 0.2) is 133 Å². The minimum absolute atomic E-state index is 0.331. The molecule has 1 unspecified atom stereocenters. The summed E-state index contributed by atoms with van der Waals surface area (Å²) in [6.45, 7) is 0. The smallest absolute Gasteiger partial charge is 0.0595 e. The van der Waals surface area contributed by atoms with Gasteiger partial charge in [-0.3, -0.25) is 0 Å². The summed E-state index contributed by atoms with van der Waals surface area (Å²) < 4.78 is 5.27. The molecule has 5 aliphatic carbocycles. The minimum atomic E-state index is 0.331. The number of aromatic nitrogens is 2. The van der Waals surface area contributed by atoms with Crippen LogP contribution in [-0.2, 0) is 12.8 Å². The van der Waals surface area contributed by atoms with Crippen molar-refractivity contribution in [2.24, 2.45) is 0 Å². The van der Waals surface area contributed by atoms with Crippen molar-refractivity contribution in [2.45, 2.75) is 44.6 Å². The number of rotatable bonds is 2. The van der Waals surface area contributed by atoms with Gasteiger partial charge in [-0.1, -0.05) is 91.1 Å². The van der Waals surface area contributed by atoms with Crippen molar-refractivity contribution >= 4 is 60.5 Å². The molecule has 0 spiro atoms. The Labute approximate surface area is 295 Å². The van der Waals surface area contributed by atoms with E-state index in [1.54, 1.807) is 5.57 Å². The molecule has 2 heterocycles. The van der Waals surface area contributed by atoms with E-state index in [2.05, 4.69) is 137 Å². The van der Waals surface area contributed by atoms with Crippen LogP contribution in [0.3, 0.4) is 0 Å². The summed E-state index contributed by atoms with van der Waals surface area (Å²) >= 11 is 0. The van der Waals surface area contributed by atoms with Crippen molar-refractivity contribution in [1.29, 1.82) is 0 Å². The second-order valence-corrected chi connectivity index (χ2v) is 15.4. The van der Waals surface area contributed by atoms with Crippen molar-refractivity contribution < 1.29 is 0 Å². The molecule has 0 amide bonds. The molecule has 13 rings (SSSR count). The topological polar surface area (TPSA) is 9.86 Å². The molecular weight excluding hydrogens is 617 g/mol. The summed E-state index contributed by atoms with van der Waals surface area (Å²) in [5.74, 6) is 0. The Hall–Kier alpha value is -5.86. The quantitative estimate of drug-likeness (QED) is 0.176. The van der Waals surface area contributed by atoms with E-state index in [0.29, 0.717) is 6.04 Å². The first-order valence-electron chi connectivity index (χ1n) is 18.8. The van der Waals surface area contributed by atoms with Crippen molar-refractivity contribution in [1.82, 2.24) is 9.13 Å². The molecule has 0 radical (unpaired) electrons. The summed E-state index contributed by atoms with van der Waals surface area (Å²) in [6, 6.07) is 36.2. The molecule has 51 heavy (non-hydrogen) atoms. The van der Waals surface area contributed by atoms with Gasteiger partial charge in [0, 0.05) is 32.6 Å². The number of hydrogen-bond acceptors (Lipinski definition) is 0. The lowest BCUT2D eigenvalue weighted by atomic mass is 9.86.